The molecule has 0 aromatic carbocycles. The van der Waals surface area contributed by atoms with Gasteiger partial charge in [-0.15, -0.1) is 0 Å². The number of esters is 3. The number of carbonyl (C=O) groups excluding carboxylic acids is 3. The normalized spacial score (nSPS) is 18.1. The Morgan fingerprint density at radius 1 is 0.450 bits per heavy atom. The third-order valence-corrected chi connectivity index (χ3v) is 13.4. The Morgan fingerprint density at radius 2 is 0.812 bits per heavy atom. The van der Waals surface area contributed by atoms with Crippen LogP contribution in [0.25, 0.3) is 11.3 Å². The zero-order valence-electron chi connectivity index (χ0n) is 50.2. The quantitative estimate of drug-likeness (QED) is 0.0875. The van der Waals surface area contributed by atoms with E-state index in [9.17, 15) is 14.4 Å². The van der Waals surface area contributed by atoms with Crippen LogP contribution in [-0.4, -0.2) is 124 Å². The van der Waals surface area contributed by atoms with Crippen LogP contribution in [0, 0.1) is 0 Å². The van der Waals surface area contributed by atoms with E-state index in [-0.39, 0.29) is 33.8 Å². The van der Waals surface area contributed by atoms with E-state index in [1.54, 1.807) is 86.0 Å². The van der Waals surface area contributed by atoms with Gasteiger partial charge < -0.3 is 42.1 Å². The zero-order valence-corrected chi connectivity index (χ0v) is 52.5. The molecule has 8 heterocycles. The van der Waals surface area contributed by atoms with Crippen molar-refractivity contribution in [1.82, 2.24) is 34.9 Å². The van der Waals surface area contributed by atoms with Gasteiger partial charge in [-0.2, -0.15) is 0 Å². The van der Waals surface area contributed by atoms with Crippen molar-refractivity contribution in [3.05, 3.63) is 119 Å². The van der Waals surface area contributed by atoms with Crippen molar-refractivity contribution in [3.8, 4) is 11.3 Å². The van der Waals surface area contributed by atoms with Gasteiger partial charge in [0.25, 0.3) is 0 Å². The average Bonchev–Trinajstić information content (AvgIpc) is 3.85. The Balaban J connectivity index is 0.000000222. The summed E-state index contributed by atoms with van der Waals surface area (Å²) in [5.74, 6) is -1.27. The Hall–Kier alpha value is -5.26. The van der Waals surface area contributed by atoms with Crippen molar-refractivity contribution < 1.29 is 56.5 Å². The van der Waals surface area contributed by atoms with E-state index in [0.717, 1.165) is 15.5 Å². The minimum Gasteiger partial charge on any atom is -0.455 e. The molecule has 0 spiro atoms. The second-order valence-electron chi connectivity index (χ2n) is 24.7. The number of ether oxygens (including phenoxy) is 3. The van der Waals surface area contributed by atoms with E-state index >= 15 is 0 Å². The minimum atomic E-state index is -0.539. The van der Waals surface area contributed by atoms with Gasteiger partial charge in [0.15, 0.2) is 0 Å². The van der Waals surface area contributed by atoms with Crippen LogP contribution in [0.1, 0.15) is 177 Å². The molecule has 0 amide bonds. The molecule has 0 radical (unpaired) electrons. The molecule has 0 atom stereocenters. The molecular weight excluding hydrogens is 1110 g/mol. The van der Waals surface area contributed by atoms with Crippen LogP contribution >= 0.6 is 27.5 Å². The molecule has 3 fully saturated rings. The van der Waals surface area contributed by atoms with Crippen molar-refractivity contribution in [2.45, 2.75) is 196 Å². The van der Waals surface area contributed by atoms with Crippen molar-refractivity contribution in [2.75, 3.05) is 0 Å². The third kappa shape index (κ3) is 20.0. The van der Waals surface area contributed by atoms with Crippen LogP contribution in [0.3, 0.4) is 0 Å². The first kappa shape index (κ1) is 67.3. The number of aromatic nitrogens is 7. The molecule has 8 rings (SSSR count). The Labute approximate surface area is 487 Å². The molecule has 3 aliphatic heterocycles. The fraction of sp³-hybridized carbons (Fsp3) is 0.536. The first-order valence-electron chi connectivity index (χ1n) is 26.0. The molecule has 5 aromatic heterocycles. The minimum absolute atomic E-state index is 0.273. The summed E-state index contributed by atoms with van der Waals surface area (Å²) >= 11 is 8.61. The largest absolute Gasteiger partial charge is 0.496 e. The number of carbonyl (C=O) groups is 3. The lowest BCUT2D eigenvalue weighted by Crippen LogP contribution is -2.41. The van der Waals surface area contributed by atoms with E-state index < -0.39 is 67.0 Å². The van der Waals surface area contributed by atoms with Crippen LogP contribution in [0.4, 0.5) is 0 Å². The van der Waals surface area contributed by atoms with Crippen molar-refractivity contribution in [2.24, 2.45) is 0 Å². The summed E-state index contributed by atoms with van der Waals surface area (Å²) in [4.78, 5) is 62.9. The molecule has 0 bridgehead atoms. The predicted octanol–water partition coefficient (Wildman–Crippen LogP) is 11.0. The predicted molar refractivity (Wildman–Crippen MR) is 312 cm³/mol. The number of nitrogens with zero attached hydrogens (tertiary/aromatic N) is 7. The standard InChI is InChI=1S/C16H24BNO4.C14H15N3O2.C12H24B2O4.C10H12BrNO2.C4H3ClN2/c1-14(2,3)20-13(19)12-9-8-11(10-18-12)17-21-15(4,5)16(6,7)22-17;1-14(2,3)19-13(18)11-5-4-10(8-17-11)12-9-15-6-7-16-12;1-9(2)10(3,4)16-13(15-9)14-17-11(5,6)12(7,8)18-14;1-10(2,3)14-9(13)8-5-4-7(11)6-12-8;5-4-3-6-1-2-7-4/h8-10H,1-7H3;4-9H,1-3H3;1-8H3;4-6H,1-3H3;1-3H. The molecule has 3 aliphatic rings. The van der Waals surface area contributed by atoms with Crippen LogP contribution in [0.5, 0.6) is 0 Å². The zero-order chi connectivity index (χ0) is 60.5. The van der Waals surface area contributed by atoms with Crippen LogP contribution in [-0.2, 0) is 42.1 Å². The molecule has 432 valence electrons. The van der Waals surface area contributed by atoms with Gasteiger partial charge in [0, 0.05) is 58.9 Å². The molecule has 80 heavy (non-hydrogen) atoms. The van der Waals surface area contributed by atoms with Gasteiger partial charge in [-0.25, -0.2) is 34.3 Å². The molecule has 3 saturated heterocycles. The lowest BCUT2D eigenvalue weighted by Gasteiger charge is -2.32. The topological polar surface area (TPSA) is 225 Å². The molecule has 24 heteroatoms. The Morgan fingerprint density at radius 3 is 1.10 bits per heavy atom. The van der Waals surface area contributed by atoms with Crippen LogP contribution in [0.2, 0.25) is 5.15 Å². The highest BCUT2D eigenvalue weighted by atomic mass is 79.9. The summed E-state index contributed by atoms with van der Waals surface area (Å²) < 4.78 is 52.3. The van der Waals surface area contributed by atoms with E-state index in [1.165, 1.54) is 6.20 Å². The van der Waals surface area contributed by atoms with Gasteiger partial charge in [0.05, 0.1) is 51.7 Å². The third-order valence-electron chi connectivity index (χ3n) is 12.8. The van der Waals surface area contributed by atoms with Crippen molar-refractivity contribution in [1.29, 1.82) is 0 Å². The monoisotopic (exact) mass is 1190 g/mol. The van der Waals surface area contributed by atoms with E-state index in [1.807, 2.05) is 145 Å². The molecule has 0 N–H and O–H groups in total. The van der Waals surface area contributed by atoms with Gasteiger partial charge >= 0.3 is 39.0 Å². The second-order valence-corrected chi connectivity index (χ2v) is 26.0. The van der Waals surface area contributed by atoms with Gasteiger partial charge in [0.2, 0.25) is 0 Å². The fourth-order valence-electron chi connectivity index (χ4n) is 6.53. The number of hydrogen-bond acceptors (Lipinski definition) is 19. The molecule has 19 nitrogen and oxygen atoms in total. The lowest BCUT2D eigenvalue weighted by molar-refractivity contribution is 0.00505. The fourth-order valence-corrected chi connectivity index (χ4v) is 6.87. The summed E-state index contributed by atoms with van der Waals surface area (Å²) in [5, 5.41) is 0.433. The van der Waals surface area contributed by atoms with E-state index in [2.05, 4.69) is 50.8 Å². The highest BCUT2D eigenvalue weighted by Crippen LogP contribution is 2.43. The lowest BCUT2D eigenvalue weighted by atomic mass is 9.49. The number of rotatable bonds is 6. The van der Waals surface area contributed by atoms with Crippen LogP contribution < -0.4 is 5.46 Å². The summed E-state index contributed by atoms with van der Waals surface area (Å²) in [6, 6.07) is 10.2. The highest BCUT2D eigenvalue weighted by molar-refractivity contribution is 9.10. The SMILES string of the molecule is CC(C)(C)OC(=O)c1ccc(-c2cnccn2)cn1.CC(C)(C)OC(=O)c1ccc(B2OC(C)(C)C(C)(C)O2)cn1.CC(C)(C)OC(=O)c1ccc(Br)cn1.CC1(C)OB(B2OC(C)(C)C(C)(C)O2)OC1(C)C.Clc1cnccn1. The maximum atomic E-state index is 12.0. The maximum absolute atomic E-state index is 12.0. The summed E-state index contributed by atoms with van der Waals surface area (Å²) in [5.41, 5.74) is -0.608. The summed E-state index contributed by atoms with van der Waals surface area (Å²) in [7, 11) is -1.43. The summed E-state index contributed by atoms with van der Waals surface area (Å²) in [6.45, 7) is 40.6. The second kappa shape index (κ2) is 26.3. The highest BCUT2D eigenvalue weighted by Gasteiger charge is 2.63. The molecular formula is C56H78B3BrClN7O12. The van der Waals surface area contributed by atoms with Gasteiger partial charge in [0.1, 0.15) is 39.0 Å². The van der Waals surface area contributed by atoms with Gasteiger partial charge in [-0.05, 0) is 192 Å². The van der Waals surface area contributed by atoms with E-state index in [0.29, 0.717) is 16.5 Å². The maximum Gasteiger partial charge on any atom is 0.496 e. The Bertz CT molecular complexity index is 2740. The molecule has 5 aromatic rings. The van der Waals surface area contributed by atoms with E-state index in [4.69, 9.17) is 53.7 Å². The molecule has 0 aliphatic carbocycles. The average molecular weight is 1190 g/mol. The van der Waals surface area contributed by atoms with Gasteiger partial charge in [-0.1, -0.05) is 17.7 Å². The van der Waals surface area contributed by atoms with Crippen LogP contribution in [0.15, 0.2) is 96.6 Å². The Kier molecular flexibility index (Phi) is 22.1. The van der Waals surface area contributed by atoms with Gasteiger partial charge in [-0.3, -0.25) is 15.0 Å². The molecule has 0 saturated carbocycles. The first-order valence-corrected chi connectivity index (χ1v) is 27.2. The number of pyridine rings is 3. The number of hydrogen-bond donors (Lipinski definition) is 0. The summed E-state index contributed by atoms with van der Waals surface area (Å²) in [6.07, 6.45) is 14.2. The van der Waals surface area contributed by atoms with Crippen molar-refractivity contribution >= 4 is 72.0 Å². The first-order chi connectivity index (χ1) is 36.5. The smallest absolute Gasteiger partial charge is 0.455 e. The number of halogens is 2. The molecule has 0 unspecified atom stereocenters. The van der Waals surface area contributed by atoms with Crippen molar-refractivity contribution in [3.63, 3.8) is 0 Å².